The first-order valence-electron chi connectivity index (χ1n) is 4.90. The molecule has 2 rings (SSSR count). The van der Waals surface area contributed by atoms with Crippen molar-refractivity contribution in [3.8, 4) is 0 Å². The van der Waals surface area contributed by atoms with Crippen molar-refractivity contribution in [3.63, 3.8) is 0 Å². The van der Waals surface area contributed by atoms with Gasteiger partial charge >= 0.3 is 12.1 Å². The van der Waals surface area contributed by atoms with Gasteiger partial charge in [0.25, 0.3) is 0 Å². The minimum Gasteiger partial charge on any atom is -0.448 e. The standard InChI is InChI=1S/C9H12N4O3/c1-3-16-9(15)13-5-7-6(11-13)4-10-8(14)12(7)2/h5H,3-4H2,1-2H3,(H,10,14). The Labute approximate surface area is 92.0 Å². The third-order valence-electron chi connectivity index (χ3n) is 2.30. The molecule has 0 aromatic carbocycles. The van der Waals surface area contributed by atoms with E-state index in [-0.39, 0.29) is 12.6 Å². The molecule has 1 aromatic rings. The highest BCUT2D eigenvalue weighted by Crippen LogP contribution is 2.21. The summed E-state index contributed by atoms with van der Waals surface area (Å²) < 4.78 is 5.91. The Hall–Kier alpha value is -2.05. The third kappa shape index (κ3) is 1.60. The van der Waals surface area contributed by atoms with E-state index in [4.69, 9.17) is 4.74 Å². The number of hydrogen-bond acceptors (Lipinski definition) is 4. The molecule has 16 heavy (non-hydrogen) atoms. The number of carbonyl (C=O) groups excluding carboxylic acids is 2. The topological polar surface area (TPSA) is 76.5 Å². The number of fused-ring (bicyclic) bond motifs is 1. The summed E-state index contributed by atoms with van der Waals surface area (Å²) in [4.78, 5) is 24.1. The summed E-state index contributed by atoms with van der Waals surface area (Å²) in [5.74, 6) is 0. The highest BCUT2D eigenvalue weighted by Gasteiger charge is 2.25. The van der Waals surface area contributed by atoms with Crippen LogP contribution < -0.4 is 10.2 Å². The summed E-state index contributed by atoms with van der Waals surface area (Å²) in [7, 11) is 1.62. The van der Waals surface area contributed by atoms with E-state index < -0.39 is 6.09 Å². The van der Waals surface area contributed by atoms with E-state index in [0.29, 0.717) is 17.9 Å². The zero-order valence-electron chi connectivity index (χ0n) is 9.06. The second-order valence-corrected chi connectivity index (χ2v) is 3.32. The van der Waals surface area contributed by atoms with Gasteiger partial charge in [-0.1, -0.05) is 0 Å². The molecule has 0 spiro atoms. The number of ether oxygens (including phenoxy) is 1. The first-order valence-corrected chi connectivity index (χ1v) is 4.90. The maximum absolute atomic E-state index is 11.4. The van der Waals surface area contributed by atoms with Crippen LogP contribution in [0.5, 0.6) is 0 Å². The van der Waals surface area contributed by atoms with Crippen molar-refractivity contribution in [1.29, 1.82) is 0 Å². The van der Waals surface area contributed by atoms with E-state index in [2.05, 4.69) is 10.4 Å². The molecule has 2 amide bonds. The molecule has 0 saturated carbocycles. The van der Waals surface area contributed by atoms with Gasteiger partial charge in [-0.25, -0.2) is 9.59 Å². The van der Waals surface area contributed by atoms with Gasteiger partial charge in [0.2, 0.25) is 0 Å². The van der Waals surface area contributed by atoms with Gasteiger partial charge in [-0.3, -0.25) is 4.90 Å². The summed E-state index contributed by atoms with van der Waals surface area (Å²) in [6.45, 7) is 2.33. The molecule has 7 heteroatoms. The maximum Gasteiger partial charge on any atom is 0.434 e. The van der Waals surface area contributed by atoms with Gasteiger partial charge in [-0.05, 0) is 6.92 Å². The van der Waals surface area contributed by atoms with E-state index >= 15 is 0 Å². The molecule has 86 valence electrons. The molecule has 7 nitrogen and oxygen atoms in total. The van der Waals surface area contributed by atoms with E-state index in [1.54, 1.807) is 14.0 Å². The van der Waals surface area contributed by atoms with Crippen LogP contribution >= 0.6 is 0 Å². The zero-order valence-corrected chi connectivity index (χ0v) is 9.06. The van der Waals surface area contributed by atoms with Crippen molar-refractivity contribution in [1.82, 2.24) is 15.1 Å². The van der Waals surface area contributed by atoms with Crippen LogP contribution in [0.2, 0.25) is 0 Å². The van der Waals surface area contributed by atoms with Gasteiger partial charge in [0.05, 0.1) is 25.0 Å². The number of amides is 2. The Morgan fingerprint density at radius 1 is 1.69 bits per heavy atom. The van der Waals surface area contributed by atoms with Crippen molar-refractivity contribution in [3.05, 3.63) is 11.9 Å². The largest absolute Gasteiger partial charge is 0.448 e. The number of carbonyl (C=O) groups is 2. The SMILES string of the molecule is CCOC(=O)n1cc2c(n1)CNC(=O)N2C. The number of urea groups is 1. The van der Waals surface area contributed by atoms with Gasteiger partial charge in [-0.2, -0.15) is 9.78 Å². The zero-order chi connectivity index (χ0) is 11.7. The number of nitrogens with zero attached hydrogens (tertiary/aromatic N) is 3. The quantitative estimate of drug-likeness (QED) is 0.755. The molecule has 0 unspecified atom stereocenters. The summed E-state index contributed by atoms with van der Waals surface area (Å²) in [5.41, 5.74) is 1.27. The Morgan fingerprint density at radius 3 is 3.12 bits per heavy atom. The molecule has 1 aliphatic rings. The van der Waals surface area contributed by atoms with E-state index in [1.807, 2.05) is 0 Å². The highest BCUT2D eigenvalue weighted by atomic mass is 16.5. The monoisotopic (exact) mass is 224 g/mol. The van der Waals surface area contributed by atoms with Crippen LogP contribution in [0.4, 0.5) is 15.3 Å². The number of anilines is 1. The van der Waals surface area contributed by atoms with Crippen molar-refractivity contribution in [2.75, 3.05) is 18.6 Å². The molecule has 0 aliphatic carbocycles. The van der Waals surface area contributed by atoms with Crippen molar-refractivity contribution in [2.45, 2.75) is 13.5 Å². The fraction of sp³-hybridized carbons (Fsp3) is 0.444. The summed E-state index contributed by atoms with van der Waals surface area (Å²) in [5, 5.41) is 6.67. The van der Waals surface area contributed by atoms with E-state index in [1.165, 1.54) is 11.1 Å². The highest BCUT2D eigenvalue weighted by molar-refractivity contribution is 5.94. The molecule has 1 N–H and O–H groups in total. The lowest BCUT2D eigenvalue weighted by Crippen LogP contribution is -2.41. The second-order valence-electron chi connectivity index (χ2n) is 3.32. The fourth-order valence-corrected chi connectivity index (χ4v) is 1.48. The van der Waals surface area contributed by atoms with Gasteiger partial charge in [0, 0.05) is 7.05 Å². The first-order chi connectivity index (χ1) is 7.63. The van der Waals surface area contributed by atoms with Gasteiger partial charge in [-0.15, -0.1) is 0 Å². The van der Waals surface area contributed by atoms with Gasteiger partial charge in [0.1, 0.15) is 5.69 Å². The smallest absolute Gasteiger partial charge is 0.434 e. The summed E-state index contributed by atoms with van der Waals surface area (Å²) in [6.07, 6.45) is 0.948. The number of nitrogens with one attached hydrogen (secondary N) is 1. The lowest BCUT2D eigenvalue weighted by Gasteiger charge is -2.21. The average molecular weight is 224 g/mol. The number of rotatable bonds is 1. The predicted molar refractivity (Wildman–Crippen MR) is 55.3 cm³/mol. The Morgan fingerprint density at radius 2 is 2.44 bits per heavy atom. The van der Waals surface area contributed by atoms with Gasteiger partial charge in [0.15, 0.2) is 0 Å². The molecule has 1 aliphatic heterocycles. The molecule has 1 aromatic heterocycles. The Kier molecular flexibility index (Phi) is 2.51. The van der Waals surface area contributed by atoms with Crippen LogP contribution in [0.15, 0.2) is 6.20 Å². The molecule has 0 fully saturated rings. The third-order valence-corrected chi connectivity index (χ3v) is 2.30. The molecule has 0 atom stereocenters. The second kappa shape index (κ2) is 3.84. The molecule has 0 saturated heterocycles. The normalized spacial score (nSPS) is 14.4. The maximum atomic E-state index is 11.4. The van der Waals surface area contributed by atoms with Crippen LogP contribution in [0.3, 0.4) is 0 Å². The molecule has 0 radical (unpaired) electrons. The van der Waals surface area contributed by atoms with Crippen LogP contribution in [-0.4, -0.2) is 35.6 Å². The van der Waals surface area contributed by atoms with E-state index in [0.717, 1.165) is 4.68 Å². The lowest BCUT2D eigenvalue weighted by atomic mass is 10.3. The van der Waals surface area contributed by atoms with Crippen LogP contribution in [0, 0.1) is 0 Å². The molecular formula is C9H12N4O3. The molecular weight excluding hydrogens is 212 g/mol. The fourth-order valence-electron chi connectivity index (χ4n) is 1.48. The van der Waals surface area contributed by atoms with Crippen molar-refractivity contribution >= 4 is 17.8 Å². The minimum absolute atomic E-state index is 0.212. The Balaban J connectivity index is 2.30. The first kappa shape index (κ1) is 10.5. The number of aromatic nitrogens is 2. The predicted octanol–water partition coefficient (Wildman–Crippen LogP) is 0.547. The summed E-state index contributed by atoms with van der Waals surface area (Å²) in [6, 6.07) is -0.212. The minimum atomic E-state index is -0.544. The van der Waals surface area contributed by atoms with Gasteiger partial charge < -0.3 is 10.1 Å². The average Bonchev–Trinajstić information content (AvgIpc) is 2.69. The van der Waals surface area contributed by atoms with Crippen molar-refractivity contribution < 1.29 is 14.3 Å². The summed E-state index contributed by atoms with van der Waals surface area (Å²) >= 11 is 0. The van der Waals surface area contributed by atoms with Crippen molar-refractivity contribution in [2.24, 2.45) is 0 Å². The van der Waals surface area contributed by atoms with Crippen LogP contribution in [0.1, 0.15) is 12.6 Å². The van der Waals surface area contributed by atoms with Crippen LogP contribution in [0.25, 0.3) is 0 Å². The number of hydrogen-bond donors (Lipinski definition) is 1. The van der Waals surface area contributed by atoms with E-state index in [9.17, 15) is 9.59 Å². The molecule has 2 heterocycles. The Bertz CT molecular complexity index is 440. The molecule has 0 bridgehead atoms. The van der Waals surface area contributed by atoms with Crippen LogP contribution in [-0.2, 0) is 11.3 Å². The lowest BCUT2D eigenvalue weighted by molar-refractivity contribution is 0.150.